The van der Waals surface area contributed by atoms with Crippen molar-refractivity contribution in [3.8, 4) is 0 Å². The molecule has 5 nitrogen and oxygen atoms in total. The van der Waals surface area contributed by atoms with E-state index in [1.165, 1.54) is 6.92 Å². The van der Waals surface area contributed by atoms with E-state index >= 15 is 0 Å². The minimum absolute atomic E-state index is 0.0688. The van der Waals surface area contributed by atoms with Crippen LogP contribution in [0, 0.1) is 5.92 Å². The van der Waals surface area contributed by atoms with Crippen LogP contribution in [0.25, 0.3) is 0 Å². The highest BCUT2D eigenvalue weighted by molar-refractivity contribution is 6.74. The summed E-state index contributed by atoms with van der Waals surface area (Å²) in [5.41, 5.74) is -0.954. The van der Waals surface area contributed by atoms with E-state index < -0.39 is 25.9 Å². The Labute approximate surface area is 122 Å². The van der Waals surface area contributed by atoms with Crippen LogP contribution in [0.5, 0.6) is 0 Å². The van der Waals surface area contributed by atoms with E-state index in [0.717, 1.165) is 0 Å². The van der Waals surface area contributed by atoms with Gasteiger partial charge in [0.15, 0.2) is 14.0 Å². The second kappa shape index (κ2) is 5.15. The molecule has 1 rings (SSSR count). The van der Waals surface area contributed by atoms with Crippen LogP contribution in [0.4, 0.5) is 0 Å². The van der Waals surface area contributed by atoms with Gasteiger partial charge >= 0.3 is 5.97 Å². The Morgan fingerprint density at radius 3 is 2.25 bits per heavy atom. The lowest BCUT2D eigenvalue weighted by Gasteiger charge is -2.50. The number of hydrogen-bond acceptors (Lipinski definition) is 4. The lowest BCUT2D eigenvalue weighted by Crippen LogP contribution is -2.73. The van der Waals surface area contributed by atoms with Crippen molar-refractivity contribution in [3.63, 3.8) is 0 Å². The van der Waals surface area contributed by atoms with Gasteiger partial charge in [0.05, 0.1) is 6.10 Å². The summed E-state index contributed by atoms with van der Waals surface area (Å²) in [6.07, 6.45) is -0.283. The number of carbonyl (C=O) groups is 2. The maximum atomic E-state index is 11.8. The average molecular weight is 301 g/mol. The number of esters is 1. The minimum Gasteiger partial charge on any atom is -0.439 e. The maximum Gasteiger partial charge on any atom is 0.304 e. The topological polar surface area (TPSA) is 64.6 Å². The van der Waals surface area contributed by atoms with Gasteiger partial charge in [0.2, 0.25) is 5.91 Å². The fraction of sp³-hybridized carbons (Fsp3) is 0.857. The fourth-order valence-electron chi connectivity index (χ4n) is 2.33. The number of hydrogen-bond donors (Lipinski definition) is 1. The minimum atomic E-state index is -1.97. The van der Waals surface area contributed by atoms with Crippen molar-refractivity contribution < 1.29 is 18.8 Å². The SMILES string of the molecule is CC(=O)O[C@@]1(C)NC(=O)[C@H]1[C@@H](C)O[Si](C)(C)C(C)(C)C. The van der Waals surface area contributed by atoms with Crippen molar-refractivity contribution in [3.05, 3.63) is 0 Å². The summed E-state index contributed by atoms with van der Waals surface area (Å²) in [4.78, 5) is 23.0. The molecule has 1 aliphatic heterocycles. The number of carbonyl (C=O) groups excluding carboxylic acids is 2. The number of β-lactam (4-membered cyclic amide) rings is 1. The molecule has 1 fully saturated rings. The zero-order chi connectivity index (χ0) is 15.9. The Kier molecular flexibility index (Phi) is 4.42. The highest BCUT2D eigenvalue weighted by Gasteiger charge is 2.57. The first-order valence-corrected chi connectivity index (χ1v) is 9.90. The Hall–Kier alpha value is -0.883. The highest BCUT2D eigenvalue weighted by atomic mass is 28.4. The van der Waals surface area contributed by atoms with Gasteiger partial charge in [-0.05, 0) is 32.0 Å². The Morgan fingerprint density at radius 1 is 1.40 bits per heavy atom. The lowest BCUT2D eigenvalue weighted by atomic mass is 9.83. The molecule has 1 aliphatic rings. The standard InChI is InChI=1S/C14H27NO4Si/c1-9(19-20(7,8)13(3,4)5)11-12(17)15-14(11,6)18-10(2)16/h9,11H,1-8H3,(H,15,17)/t9-,11-,14-/m1/s1. The summed E-state index contributed by atoms with van der Waals surface area (Å²) in [5.74, 6) is -0.988. The van der Waals surface area contributed by atoms with Gasteiger partial charge in [-0.3, -0.25) is 9.59 Å². The third-order valence-corrected chi connectivity index (χ3v) is 8.93. The van der Waals surface area contributed by atoms with Gasteiger partial charge in [-0.25, -0.2) is 0 Å². The molecule has 6 heteroatoms. The van der Waals surface area contributed by atoms with Crippen LogP contribution >= 0.6 is 0 Å². The number of ether oxygens (including phenoxy) is 1. The third-order valence-electron chi connectivity index (χ3n) is 4.36. The second-order valence-electron chi connectivity index (χ2n) is 7.25. The first kappa shape index (κ1) is 17.2. The molecule has 0 bridgehead atoms. The Morgan fingerprint density at radius 2 is 1.90 bits per heavy atom. The van der Waals surface area contributed by atoms with Crippen LogP contribution in [0.15, 0.2) is 0 Å². The number of rotatable bonds is 4. The summed E-state index contributed by atoms with van der Waals surface area (Å²) in [7, 11) is -1.97. The van der Waals surface area contributed by atoms with Crippen molar-refractivity contribution in [2.45, 2.75) is 71.5 Å². The van der Waals surface area contributed by atoms with Crippen LogP contribution in [0.3, 0.4) is 0 Å². The predicted octanol–water partition coefficient (Wildman–Crippen LogP) is 2.42. The summed E-state index contributed by atoms with van der Waals surface area (Å²) in [6, 6.07) is 0. The van der Waals surface area contributed by atoms with Crippen LogP contribution < -0.4 is 5.32 Å². The lowest BCUT2D eigenvalue weighted by molar-refractivity contribution is -0.197. The van der Waals surface area contributed by atoms with E-state index in [-0.39, 0.29) is 17.0 Å². The van der Waals surface area contributed by atoms with Gasteiger partial charge in [0.1, 0.15) is 5.92 Å². The number of nitrogens with one attached hydrogen (secondary N) is 1. The Bertz CT molecular complexity index is 416. The van der Waals surface area contributed by atoms with Gasteiger partial charge in [-0.15, -0.1) is 0 Å². The molecule has 0 aromatic heterocycles. The van der Waals surface area contributed by atoms with Crippen molar-refractivity contribution in [2.75, 3.05) is 0 Å². The molecule has 0 saturated carbocycles. The van der Waals surface area contributed by atoms with Gasteiger partial charge < -0.3 is 14.5 Å². The van der Waals surface area contributed by atoms with E-state index in [0.29, 0.717) is 0 Å². The molecule has 0 aromatic carbocycles. The van der Waals surface area contributed by atoms with Crippen molar-refractivity contribution in [1.82, 2.24) is 5.32 Å². The molecular formula is C14H27NO4Si. The quantitative estimate of drug-likeness (QED) is 0.492. The molecule has 0 aliphatic carbocycles. The average Bonchev–Trinajstić information content (AvgIpc) is 2.10. The summed E-state index contributed by atoms with van der Waals surface area (Å²) < 4.78 is 11.5. The van der Waals surface area contributed by atoms with Gasteiger partial charge in [0.25, 0.3) is 0 Å². The fourth-order valence-corrected chi connectivity index (χ4v) is 3.75. The van der Waals surface area contributed by atoms with Crippen LogP contribution in [0.2, 0.25) is 18.1 Å². The molecule has 0 unspecified atom stereocenters. The molecule has 1 saturated heterocycles. The molecule has 0 aromatic rings. The summed E-state index contributed by atoms with van der Waals surface area (Å²) in [5, 5.41) is 2.73. The molecule has 0 spiro atoms. The van der Waals surface area contributed by atoms with Crippen LogP contribution in [-0.4, -0.2) is 32.0 Å². The van der Waals surface area contributed by atoms with Crippen molar-refractivity contribution in [2.24, 2.45) is 5.92 Å². The molecule has 1 amide bonds. The largest absolute Gasteiger partial charge is 0.439 e. The molecule has 1 N–H and O–H groups in total. The first-order chi connectivity index (χ1) is 8.80. The summed E-state index contributed by atoms with van der Waals surface area (Å²) in [6.45, 7) is 15.7. The highest BCUT2D eigenvalue weighted by Crippen LogP contribution is 2.40. The molecule has 3 atom stereocenters. The summed E-state index contributed by atoms with van der Waals surface area (Å²) >= 11 is 0. The molecule has 20 heavy (non-hydrogen) atoms. The zero-order valence-corrected chi connectivity index (χ0v) is 14.8. The van der Waals surface area contributed by atoms with Gasteiger partial charge in [-0.2, -0.15) is 0 Å². The van der Waals surface area contributed by atoms with E-state index in [9.17, 15) is 9.59 Å². The zero-order valence-electron chi connectivity index (χ0n) is 13.8. The molecule has 0 radical (unpaired) electrons. The molecular weight excluding hydrogens is 274 g/mol. The molecule has 1 heterocycles. The van der Waals surface area contributed by atoms with Crippen LogP contribution in [-0.2, 0) is 18.8 Å². The normalized spacial score (nSPS) is 28.4. The second-order valence-corrected chi connectivity index (χ2v) is 12.0. The van der Waals surface area contributed by atoms with E-state index in [2.05, 4.69) is 39.2 Å². The van der Waals surface area contributed by atoms with Crippen LogP contribution in [0.1, 0.15) is 41.5 Å². The predicted molar refractivity (Wildman–Crippen MR) is 79.5 cm³/mol. The van der Waals surface area contributed by atoms with E-state index in [4.69, 9.17) is 9.16 Å². The smallest absolute Gasteiger partial charge is 0.304 e. The maximum absolute atomic E-state index is 11.8. The third kappa shape index (κ3) is 3.23. The monoisotopic (exact) mass is 301 g/mol. The molecule has 116 valence electrons. The van der Waals surface area contributed by atoms with Gasteiger partial charge in [0, 0.05) is 6.92 Å². The van der Waals surface area contributed by atoms with E-state index in [1.54, 1.807) is 6.92 Å². The van der Waals surface area contributed by atoms with Crippen molar-refractivity contribution in [1.29, 1.82) is 0 Å². The van der Waals surface area contributed by atoms with E-state index in [1.807, 2.05) is 6.92 Å². The first-order valence-electron chi connectivity index (χ1n) is 6.99. The number of amides is 1. The van der Waals surface area contributed by atoms with Gasteiger partial charge in [-0.1, -0.05) is 20.8 Å². The van der Waals surface area contributed by atoms with Crippen molar-refractivity contribution >= 4 is 20.2 Å². The Balaban J connectivity index is 2.83.